The van der Waals surface area contributed by atoms with Gasteiger partial charge in [-0.2, -0.15) is 0 Å². The van der Waals surface area contributed by atoms with Gasteiger partial charge in [-0.15, -0.1) is 0 Å². The van der Waals surface area contributed by atoms with Crippen LogP contribution >= 0.6 is 0 Å². The molecule has 0 unspecified atom stereocenters. The van der Waals surface area contributed by atoms with Crippen LogP contribution in [0.25, 0.3) is 10.9 Å². The summed E-state index contributed by atoms with van der Waals surface area (Å²) in [5.74, 6) is -0.227. The minimum atomic E-state index is -0.386. The van der Waals surface area contributed by atoms with E-state index in [0.717, 1.165) is 22.9 Å². The third kappa shape index (κ3) is 1.97. The summed E-state index contributed by atoms with van der Waals surface area (Å²) in [4.78, 5) is 27.8. The van der Waals surface area contributed by atoms with Crippen LogP contribution in [-0.4, -0.2) is 23.8 Å². The summed E-state index contributed by atoms with van der Waals surface area (Å²) in [5, 5.41) is 0.937. The van der Waals surface area contributed by atoms with E-state index in [1.54, 1.807) is 6.07 Å². The fourth-order valence-electron chi connectivity index (χ4n) is 3.92. The van der Waals surface area contributed by atoms with Gasteiger partial charge >= 0.3 is 5.97 Å². The van der Waals surface area contributed by atoms with Crippen LogP contribution in [0.3, 0.4) is 0 Å². The summed E-state index contributed by atoms with van der Waals surface area (Å²) in [6.45, 7) is 8.28. The summed E-state index contributed by atoms with van der Waals surface area (Å²) >= 11 is 0. The number of carbonyl (C=O) groups excluding carboxylic acids is 2. The number of benzene rings is 1. The number of ketones is 1. The molecule has 3 rings (SSSR count). The largest absolute Gasteiger partial charge is 0.465 e. The molecular formula is C18H21NO3. The number of ether oxygens (including phenoxy) is 1. The Morgan fingerprint density at radius 3 is 2.50 bits per heavy atom. The molecule has 0 fully saturated rings. The first-order valence-electron chi connectivity index (χ1n) is 7.47. The van der Waals surface area contributed by atoms with Gasteiger partial charge in [-0.25, -0.2) is 4.79 Å². The van der Waals surface area contributed by atoms with Gasteiger partial charge in [0.2, 0.25) is 0 Å². The number of aromatic nitrogens is 1. The summed E-state index contributed by atoms with van der Waals surface area (Å²) in [5.41, 5.74) is 2.56. The Morgan fingerprint density at radius 2 is 1.86 bits per heavy atom. The zero-order valence-corrected chi connectivity index (χ0v) is 13.7. The van der Waals surface area contributed by atoms with Gasteiger partial charge in [-0.05, 0) is 35.6 Å². The molecule has 1 aromatic carbocycles. The second kappa shape index (κ2) is 4.45. The van der Waals surface area contributed by atoms with Gasteiger partial charge in [0, 0.05) is 16.3 Å². The molecular weight excluding hydrogens is 278 g/mol. The number of Topliss-reactive ketones (excluding diaryl/α,β-unsaturated/α-hetero) is 1. The van der Waals surface area contributed by atoms with E-state index in [1.807, 2.05) is 26.0 Å². The van der Waals surface area contributed by atoms with Crippen molar-refractivity contribution in [2.45, 2.75) is 39.5 Å². The summed E-state index contributed by atoms with van der Waals surface area (Å²) < 4.78 is 4.80. The summed E-state index contributed by atoms with van der Waals surface area (Å²) in [6, 6.07) is 5.39. The molecule has 116 valence electrons. The number of H-pyrrole nitrogens is 1. The van der Waals surface area contributed by atoms with Crippen LogP contribution in [-0.2, 0) is 10.2 Å². The smallest absolute Gasteiger partial charge is 0.337 e. The number of hydrogen-bond donors (Lipinski definition) is 1. The van der Waals surface area contributed by atoms with E-state index in [0.29, 0.717) is 11.3 Å². The van der Waals surface area contributed by atoms with E-state index < -0.39 is 0 Å². The van der Waals surface area contributed by atoms with E-state index in [4.69, 9.17) is 4.74 Å². The Labute approximate surface area is 129 Å². The van der Waals surface area contributed by atoms with Gasteiger partial charge in [0.25, 0.3) is 0 Å². The van der Waals surface area contributed by atoms with Gasteiger partial charge in [-0.1, -0.05) is 27.7 Å². The Balaban J connectivity index is 2.31. The maximum absolute atomic E-state index is 12.7. The molecule has 0 aliphatic heterocycles. The molecule has 0 spiro atoms. The average Bonchev–Trinajstić information content (AvgIpc) is 2.82. The van der Waals surface area contributed by atoms with Gasteiger partial charge in [0.15, 0.2) is 5.78 Å². The average molecular weight is 299 g/mol. The second-order valence-electron chi connectivity index (χ2n) is 7.40. The second-order valence-corrected chi connectivity index (χ2v) is 7.40. The lowest BCUT2D eigenvalue weighted by molar-refractivity contribution is 0.0600. The van der Waals surface area contributed by atoms with Crippen LogP contribution in [0.15, 0.2) is 18.2 Å². The highest BCUT2D eigenvalue weighted by Crippen LogP contribution is 2.48. The number of esters is 1. The Hall–Kier alpha value is -2.10. The zero-order valence-electron chi connectivity index (χ0n) is 13.7. The molecule has 4 nitrogen and oxygen atoms in total. The first-order chi connectivity index (χ1) is 10.2. The number of hydrogen-bond acceptors (Lipinski definition) is 3. The van der Waals surface area contributed by atoms with Crippen molar-refractivity contribution in [2.24, 2.45) is 5.41 Å². The number of carbonyl (C=O) groups is 2. The normalized spacial score (nSPS) is 19.0. The van der Waals surface area contributed by atoms with E-state index >= 15 is 0 Å². The van der Waals surface area contributed by atoms with Crippen molar-refractivity contribution >= 4 is 22.7 Å². The first-order valence-corrected chi connectivity index (χ1v) is 7.47. The molecule has 1 aliphatic rings. The molecule has 0 amide bonds. The number of aromatic amines is 1. The van der Waals surface area contributed by atoms with Crippen molar-refractivity contribution in [1.82, 2.24) is 4.98 Å². The molecule has 2 aromatic rings. The van der Waals surface area contributed by atoms with Crippen LogP contribution in [0, 0.1) is 5.41 Å². The fraction of sp³-hybridized carbons (Fsp3) is 0.444. The topological polar surface area (TPSA) is 59.2 Å². The van der Waals surface area contributed by atoms with Gasteiger partial charge in [0.05, 0.1) is 18.4 Å². The quantitative estimate of drug-likeness (QED) is 0.814. The van der Waals surface area contributed by atoms with Crippen molar-refractivity contribution < 1.29 is 14.3 Å². The zero-order chi connectivity index (χ0) is 16.3. The summed E-state index contributed by atoms with van der Waals surface area (Å²) in [7, 11) is 1.37. The minimum Gasteiger partial charge on any atom is -0.465 e. The number of nitrogens with one attached hydrogen (secondary N) is 1. The Bertz CT molecular complexity index is 796. The van der Waals surface area contributed by atoms with Crippen molar-refractivity contribution in [3.05, 3.63) is 35.0 Å². The van der Waals surface area contributed by atoms with Gasteiger partial charge in [0.1, 0.15) is 0 Å². The van der Waals surface area contributed by atoms with Gasteiger partial charge in [-0.3, -0.25) is 4.79 Å². The molecule has 0 radical (unpaired) electrons. The van der Waals surface area contributed by atoms with Crippen LogP contribution < -0.4 is 0 Å². The maximum Gasteiger partial charge on any atom is 0.337 e. The molecule has 1 aromatic heterocycles. The third-order valence-corrected chi connectivity index (χ3v) is 4.62. The van der Waals surface area contributed by atoms with Crippen LogP contribution in [0.5, 0.6) is 0 Å². The van der Waals surface area contributed by atoms with E-state index in [2.05, 4.69) is 18.8 Å². The van der Waals surface area contributed by atoms with Crippen molar-refractivity contribution in [2.75, 3.05) is 7.11 Å². The highest BCUT2D eigenvalue weighted by Gasteiger charge is 2.45. The SMILES string of the molecule is COC(=O)c1ccc2[nH]c3c(c2c1)C(C)(C)CC(C)(C)C3=O. The molecule has 0 atom stereocenters. The van der Waals surface area contributed by atoms with E-state index in [-0.39, 0.29) is 22.6 Å². The fourth-order valence-corrected chi connectivity index (χ4v) is 3.92. The molecule has 1 aliphatic carbocycles. The van der Waals surface area contributed by atoms with Crippen molar-refractivity contribution in [3.8, 4) is 0 Å². The monoisotopic (exact) mass is 299 g/mol. The first kappa shape index (κ1) is 14.8. The van der Waals surface area contributed by atoms with E-state index in [9.17, 15) is 9.59 Å². The Morgan fingerprint density at radius 1 is 1.18 bits per heavy atom. The molecule has 1 N–H and O–H groups in total. The number of rotatable bonds is 1. The Kier molecular flexibility index (Phi) is 3.00. The molecule has 22 heavy (non-hydrogen) atoms. The predicted octanol–water partition coefficient (Wildman–Crippen LogP) is 3.84. The van der Waals surface area contributed by atoms with Crippen LogP contribution in [0.4, 0.5) is 0 Å². The number of fused-ring (bicyclic) bond motifs is 3. The lowest BCUT2D eigenvalue weighted by atomic mass is 9.63. The molecule has 0 bridgehead atoms. The van der Waals surface area contributed by atoms with Crippen LogP contribution in [0.2, 0.25) is 0 Å². The maximum atomic E-state index is 12.7. The molecule has 0 saturated heterocycles. The molecule has 4 heteroatoms. The number of methoxy groups -OCH3 is 1. The van der Waals surface area contributed by atoms with Gasteiger partial charge < -0.3 is 9.72 Å². The van der Waals surface area contributed by atoms with Crippen molar-refractivity contribution in [3.63, 3.8) is 0 Å². The predicted molar refractivity (Wildman–Crippen MR) is 85.4 cm³/mol. The molecule has 1 heterocycles. The summed E-state index contributed by atoms with van der Waals surface area (Å²) in [6.07, 6.45) is 0.779. The lowest BCUT2D eigenvalue weighted by Gasteiger charge is -2.39. The molecule has 0 saturated carbocycles. The van der Waals surface area contributed by atoms with Crippen molar-refractivity contribution in [1.29, 1.82) is 0 Å². The lowest BCUT2D eigenvalue weighted by Crippen LogP contribution is -2.39. The highest BCUT2D eigenvalue weighted by molar-refractivity contribution is 6.08. The third-order valence-electron chi connectivity index (χ3n) is 4.62. The highest BCUT2D eigenvalue weighted by atomic mass is 16.5. The van der Waals surface area contributed by atoms with Crippen LogP contribution in [0.1, 0.15) is 60.5 Å². The standard InChI is InChI=1S/C18H21NO3/c1-17(2)9-18(3,4)15(20)14-13(17)11-8-10(16(21)22-5)6-7-12(11)19-14/h6-8,19H,9H2,1-5H3. The minimum absolute atomic E-state index is 0.137. The van der Waals surface area contributed by atoms with E-state index in [1.165, 1.54) is 7.11 Å².